The lowest BCUT2D eigenvalue weighted by atomic mass is 10.0. The highest BCUT2D eigenvalue weighted by atomic mass is 32.1. The number of carbonyl (C=O) groups excluding carboxylic acids is 1. The molecule has 8 nitrogen and oxygen atoms in total. The molecule has 0 radical (unpaired) electrons. The Kier molecular flexibility index (Phi) is 6.23. The van der Waals surface area contributed by atoms with E-state index in [2.05, 4.69) is 25.9 Å². The highest BCUT2D eigenvalue weighted by molar-refractivity contribution is 7.22. The lowest BCUT2D eigenvalue weighted by molar-refractivity contribution is -0.116. The van der Waals surface area contributed by atoms with Crippen molar-refractivity contribution in [3.8, 4) is 10.6 Å². The van der Waals surface area contributed by atoms with Gasteiger partial charge in [-0.15, -0.1) is 11.3 Å². The number of nitrogens with zero attached hydrogens (tertiary/aromatic N) is 3. The van der Waals surface area contributed by atoms with Crippen LogP contribution in [0.1, 0.15) is 16.9 Å². The van der Waals surface area contributed by atoms with Crippen molar-refractivity contribution in [2.45, 2.75) is 19.4 Å². The van der Waals surface area contributed by atoms with Gasteiger partial charge < -0.3 is 20.7 Å². The molecule has 4 rings (SSSR count). The molecule has 10 heteroatoms. The molecule has 3 aromatic heterocycles. The Labute approximate surface area is 170 Å². The number of nitrogens with one attached hydrogen (secondary N) is 3. The Balaban J connectivity index is 1.57. The first-order valence-electron chi connectivity index (χ1n) is 9.18. The van der Waals surface area contributed by atoms with Crippen LogP contribution in [0, 0.1) is 0 Å². The van der Waals surface area contributed by atoms with Crippen molar-refractivity contribution in [3.05, 3.63) is 23.0 Å². The van der Waals surface area contributed by atoms with Crippen LogP contribution in [-0.4, -0.2) is 54.2 Å². The van der Waals surface area contributed by atoms with Gasteiger partial charge in [0.15, 0.2) is 0 Å². The minimum atomic E-state index is -0.00127. The number of thiazole rings is 1. The quantitative estimate of drug-likeness (QED) is 0.481. The fraction of sp³-hybridized carbons (Fsp3) is 0.444. The van der Waals surface area contributed by atoms with Gasteiger partial charge in [0.2, 0.25) is 5.91 Å². The number of thiophene rings is 1. The fourth-order valence-corrected chi connectivity index (χ4v) is 5.39. The van der Waals surface area contributed by atoms with E-state index in [4.69, 9.17) is 9.72 Å². The molecule has 0 saturated heterocycles. The Morgan fingerprint density at radius 3 is 3.14 bits per heavy atom. The molecule has 148 valence electrons. The first kappa shape index (κ1) is 19.3. The molecule has 4 heterocycles. The normalized spacial score (nSPS) is 13.6. The SMILES string of the molecule is COCCNCCC(=O)Nc1sc2c(c1-c1nc3cncnc3s1)CCNC2. The first-order valence-corrected chi connectivity index (χ1v) is 10.8. The Morgan fingerprint density at radius 1 is 1.36 bits per heavy atom. The number of anilines is 1. The molecule has 1 aliphatic rings. The van der Waals surface area contributed by atoms with Crippen LogP contribution in [0.5, 0.6) is 0 Å². The molecule has 0 saturated carbocycles. The summed E-state index contributed by atoms with van der Waals surface area (Å²) in [5.41, 5.74) is 3.12. The number of amides is 1. The van der Waals surface area contributed by atoms with Crippen molar-refractivity contribution in [3.63, 3.8) is 0 Å². The van der Waals surface area contributed by atoms with E-state index in [0.29, 0.717) is 19.6 Å². The maximum Gasteiger partial charge on any atom is 0.226 e. The number of methoxy groups -OCH3 is 1. The molecule has 1 aliphatic heterocycles. The summed E-state index contributed by atoms with van der Waals surface area (Å²) < 4.78 is 5.00. The highest BCUT2D eigenvalue weighted by Crippen LogP contribution is 2.44. The summed E-state index contributed by atoms with van der Waals surface area (Å²) in [5.74, 6) is -0.00127. The van der Waals surface area contributed by atoms with Crippen LogP contribution in [0.4, 0.5) is 5.00 Å². The van der Waals surface area contributed by atoms with E-state index in [1.807, 2.05) is 0 Å². The zero-order valence-electron chi connectivity index (χ0n) is 15.6. The van der Waals surface area contributed by atoms with Crippen LogP contribution < -0.4 is 16.0 Å². The summed E-state index contributed by atoms with van der Waals surface area (Å²) in [6, 6.07) is 0. The van der Waals surface area contributed by atoms with E-state index in [0.717, 1.165) is 52.0 Å². The fourth-order valence-electron chi connectivity index (χ4n) is 3.14. The number of aromatic nitrogens is 3. The molecule has 1 amide bonds. The monoisotopic (exact) mass is 418 g/mol. The predicted molar refractivity (Wildman–Crippen MR) is 112 cm³/mol. The van der Waals surface area contributed by atoms with Gasteiger partial charge in [-0.05, 0) is 18.5 Å². The van der Waals surface area contributed by atoms with Crippen LogP contribution in [0.25, 0.3) is 20.9 Å². The zero-order chi connectivity index (χ0) is 19.3. The molecular formula is C18H22N6O2S2. The molecular weight excluding hydrogens is 396 g/mol. The number of ether oxygens (including phenoxy) is 1. The molecule has 0 aromatic carbocycles. The van der Waals surface area contributed by atoms with E-state index in [-0.39, 0.29) is 5.91 Å². The van der Waals surface area contributed by atoms with E-state index in [1.54, 1.807) is 36.0 Å². The van der Waals surface area contributed by atoms with Gasteiger partial charge in [-0.1, -0.05) is 11.3 Å². The molecule has 28 heavy (non-hydrogen) atoms. The number of carbonyl (C=O) groups is 1. The second kappa shape index (κ2) is 9.01. The van der Waals surface area contributed by atoms with Crippen LogP contribution in [0.3, 0.4) is 0 Å². The van der Waals surface area contributed by atoms with E-state index >= 15 is 0 Å². The average molecular weight is 419 g/mol. The summed E-state index contributed by atoms with van der Waals surface area (Å²) in [6.45, 7) is 3.75. The molecule has 0 spiro atoms. The van der Waals surface area contributed by atoms with Gasteiger partial charge >= 0.3 is 0 Å². The maximum atomic E-state index is 12.5. The van der Waals surface area contributed by atoms with Gasteiger partial charge in [0.05, 0.1) is 12.8 Å². The van der Waals surface area contributed by atoms with Crippen LogP contribution in [0.2, 0.25) is 0 Å². The summed E-state index contributed by atoms with van der Waals surface area (Å²) >= 11 is 3.18. The minimum absolute atomic E-state index is 0.00127. The smallest absolute Gasteiger partial charge is 0.226 e. The summed E-state index contributed by atoms with van der Waals surface area (Å²) in [7, 11) is 1.66. The van der Waals surface area contributed by atoms with Crippen LogP contribution >= 0.6 is 22.7 Å². The topological polar surface area (TPSA) is 101 Å². The minimum Gasteiger partial charge on any atom is -0.383 e. The third-order valence-corrected chi connectivity index (χ3v) is 6.62. The number of fused-ring (bicyclic) bond motifs is 2. The number of hydrogen-bond acceptors (Lipinski definition) is 9. The molecule has 0 unspecified atom stereocenters. The molecule has 0 aliphatic carbocycles. The number of hydrogen-bond donors (Lipinski definition) is 3. The molecule has 0 bridgehead atoms. The maximum absolute atomic E-state index is 12.5. The Morgan fingerprint density at radius 2 is 2.29 bits per heavy atom. The van der Waals surface area contributed by atoms with Gasteiger partial charge in [-0.25, -0.2) is 15.0 Å². The van der Waals surface area contributed by atoms with E-state index in [9.17, 15) is 4.79 Å². The van der Waals surface area contributed by atoms with E-state index < -0.39 is 0 Å². The summed E-state index contributed by atoms with van der Waals surface area (Å²) in [5, 5.41) is 11.5. The second-order valence-corrected chi connectivity index (χ2v) is 8.49. The summed E-state index contributed by atoms with van der Waals surface area (Å²) in [6.07, 6.45) is 4.61. The van der Waals surface area contributed by atoms with Gasteiger partial charge in [0, 0.05) is 43.6 Å². The van der Waals surface area contributed by atoms with E-state index in [1.165, 1.54) is 16.8 Å². The zero-order valence-corrected chi connectivity index (χ0v) is 17.2. The van der Waals surface area contributed by atoms with Crippen molar-refractivity contribution in [1.82, 2.24) is 25.6 Å². The second-order valence-electron chi connectivity index (χ2n) is 6.41. The van der Waals surface area contributed by atoms with Crippen molar-refractivity contribution in [1.29, 1.82) is 0 Å². The van der Waals surface area contributed by atoms with Crippen molar-refractivity contribution < 1.29 is 9.53 Å². The van der Waals surface area contributed by atoms with Gasteiger partial charge in [0.1, 0.15) is 26.7 Å². The van der Waals surface area contributed by atoms with Crippen LogP contribution in [0.15, 0.2) is 12.5 Å². The lowest BCUT2D eigenvalue weighted by Gasteiger charge is -2.13. The molecule has 3 aromatic rings. The standard InChI is InChI=1S/C18H22N6O2S2/c1-26-7-6-19-5-3-14(25)24-18-15(11-2-4-20-9-13(11)27-18)17-23-12-8-21-10-22-16(12)28-17/h8,10,19-20H,2-7,9H2,1H3,(H,24,25). The van der Waals surface area contributed by atoms with Crippen LogP contribution in [-0.2, 0) is 22.5 Å². The number of rotatable bonds is 8. The van der Waals surface area contributed by atoms with Gasteiger partial charge in [-0.3, -0.25) is 4.79 Å². The molecule has 0 atom stereocenters. The van der Waals surface area contributed by atoms with Gasteiger partial charge in [-0.2, -0.15) is 0 Å². The first-order chi connectivity index (χ1) is 13.8. The third kappa shape index (κ3) is 4.20. The average Bonchev–Trinajstić information content (AvgIpc) is 3.28. The summed E-state index contributed by atoms with van der Waals surface area (Å²) in [4.78, 5) is 27.7. The molecule has 0 fully saturated rings. The molecule has 3 N–H and O–H groups in total. The predicted octanol–water partition coefficient (Wildman–Crippen LogP) is 2.03. The Hall–Kier alpha value is -1.98. The largest absolute Gasteiger partial charge is 0.383 e. The third-order valence-electron chi connectivity index (χ3n) is 4.48. The lowest BCUT2D eigenvalue weighted by Crippen LogP contribution is -2.24. The van der Waals surface area contributed by atoms with Crippen molar-refractivity contribution >= 4 is 43.9 Å². The van der Waals surface area contributed by atoms with Gasteiger partial charge in [0.25, 0.3) is 0 Å². The highest BCUT2D eigenvalue weighted by Gasteiger charge is 2.25. The van der Waals surface area contributed by atoms with Crippen molar-refractivity contribution in [2.75, 3.05) is 38.7 Å². The Bertz CT molecular complexity index is 937. The van der Waals surface area contributed by atoms with Crippen molar-refractivity contribution in [2.24, 2.45) is 0 Å².